The molecule has 0 rings (SSSR count). The first kappa shape index (κ1) is 28.3. The van der Waals surface area contributed by atoms with E-state index in [1.165, 1.54) is 6.92 Å². The molecule has 0 aromatic rings. The van der Waals surface area contributed by atoms with Gasteiger partial charge < -0.3 is 28.4 Å². The van der Waals surface area contributed by atoms with Gasteiger partial charge in [-0.15, -0.1) is 0 Å². The van der Waals surface area contributed by atoms with E-state index in [1.54, 1.807) is 6.92 Å². The third-order valence-corrected chi connectivity index (χ3v) is 3.25. The second kappa shape index (κ2) is 16.1. The third kappa shape index (κ3) is 12.8. The van der Waals surface area contributed by atoms with Gasteiger partial charge in [0.25, 0.3) is 0 Å². The Hall–Kier alpha value is -3.70. The van der Waals surface area contributed by atoms with Crippen molar-refractivity contribution < 1.29 is 57.2 Å². The van der Waals surface area contributed by atoms with Crippen LogP contribution < -0.4 is 0 Å². The second-order valence-electron chi connectivity index (χ2n) is 5.91. The largest absolute Gasteiger partial charge is 0.459 e. The van der Waals surface area contributed by atoms with Gasteiger partial charge in [-0.1, -0.05) is 20.1 Å². The van der Waals surface area contributed by atoms with E-state index in [2.05, 4.69) is 36.8 Å². The summed E-state index contributed by atoms with van der Waals surface area (Å²) in [6.45, 7) is 8.22. The van der Waals surface area contributed by atoms with Crippen molar-refractivity contribution >= 4 is 35.8 Å². The average Bonchev–Trinajstić information content (AvgIpc) is 2.77. The molecular formula is C20H26O12. The van der Waals surface area contributed by atoms with E-state index >= 15 is 0 Å². The van der Waals surface area contributed by atoms with Gasteiger partial charge in [0.1, 0.15) is 26.4 Å². The number of esters is 6. The number of rotatable bonds is 13. The van der Waals surface area contributed by atoms with Crippen LogP contribution in [0.1, 0.15) is 26.7 Å². The number of carbonyl (C=O) groups excluding carboxylic acids is 6. The Balaban J connectivity index is 3.84. The maximum absolute atomic E-state index is 11.4. The van der Waals surface area contributed by atoms with Gasteiger partial charge in [0, 0.05) is 17.6 Å². The molecule has 178 valence electrons. The van der Waals surface area contributed by atoms with Crippen molar-refractivity contribution in [3.8, 4) is 0 Å². The Morgan fingerprint density at radius 3 is 1.19 bits per heavy atom. The minimum absolute atomic E-state index is 0.00892. The van der Waals surface area contributed by atoms with Gasteiger partial charge in [0.15, 0.2) is 0 Å². The van der Waals surface area contributed by atoms with Crippen LogP contribution in [0.4, 0.5) is 0 Å². The zero-order chi connectivity index (χ0) is 24.5. The van der Waals surface area contributed by atoms with Crippen molar-refractivity contribution in [2.24, 2.45) is 0 Å². The zero-order valence-corrected chi connectivity index (χ0v) is 18.0. The Morgan fingerprint density at radius 1 is 0.531 bits per heavy atom. The maximum atomic E-state index is 11.4. The van der Waals surface area contributed by atoms with E-state index in [0.717, 1.165) is 0 Å². The molecule has 0 heterocycles. The van der Waals surface area contributed by atoms with E-state index in [9.17, 15) is 28.8 Å². The van der Waals surface area contributed by atoms with Gasteiger partial charge in [-0.2, -0.15) is 0 Å². The van der Waals surface area contributed by atoms with Crippen LogP contribution >= 0.6 is 0 Å². The van der Waals surface area contributed by atoms with Crippen LogP contribution in [-0.4, -0.2) is 75.5 Å². The fourth-order valence-electron chi connectivity index (χ4n) is 1.53. The highest BCUT2D eigenvalue weighted by molar-refractivity contribution is 6.30. The summed E-state index contributed by atoms with van der Waals surface area (Å²) in [6.07, 6.45) is 0.402. The summed E-state index contributed by atoms with van der Waals surface area (Å²) in [4.78, 5) is 68.0. The van der Waals surface area contributed by atoms with Gasteiger partial charge in [0.2, 0.25) is 0 Å². The van der Waals surface area contributed by atoms with Crippen LogP contribution in [0.2, 0.25) is 0 Å². The first-order chi connectivity index (χ1) is 15.1. The van der Waals surface area contributed by atoms with Crippen molar-refractivity contribution in [2.45, 2.75) is 26.7 Å². The van der Waals surface area contributed by atoms with Crippen molar-refractivity contribution in [3.63, 3.8) is 0 Å². The molecule has 0 fully saturated rings. The van der Waals surface area contributed by atoms with E-state index < -0.39 is 35.8 Å². The fourth-order valence-corrected chi connectivity index (χ4v) is 1.53. The predicted octanol–water partition coefficient (Wildman–Crippen LogP) is 0.178. The van der Waals surface area contributed by atoms with Gasteiger partial charge >= 0.3 is 35.8 Å². The van der Waals surface area contributed by atoms with E-state index in [0.29, 0.717) is 6.42 Å². The summed E-state index contributed by atoms with van der Waals surface area (Å²) in [6, 6.07) is 0. The summed E-state index contributed by atoms with van der Waals surface area (Å²) >= 11 is 0. The molecule has 0 spiro atoms. The Bertz CT molecular complexity index is 737. The molecule has 0 N–H and O–H groups in total. The summed E-state index contributed by atoms with van der Waals surface area (Å²) in [7, 11) is 0. The summed E-state index contributed by atoms with van der Waals surface area (Å²) < 4.78 is 27.7. The predicted molar refractivity (Wildman–Crippen MR) is 105 cm³/mol. The van der Waals surface area contributed by atoms with Crippen molar-refractivity contribution in [2.75, 3.05) is 39.6 Å². The van der Waals surface area contributed by atoms with Crippen LogP contribution in [0.25, 0.3) is 0 Å². The molecule has 0 aliphatic rings. The lowest BCUT2D eigenvalue weighted by Gasteiger charge is -2.08. The molecule has 0 saturated carbocycles. The van der Waals surface area contributed by atoms with Crippen LogP contribution in [-0.2, 0) is 57.2 Å². The number of hydrogen-bond donors (Lipinski definition) is 0. The molecule has 0 atom stereocenters. The summed E-state index contributed by atoms with van der Waals surface area (Å²) in [5.41, 5.74) is 0.429. The standard InChI is InChI=1S/C20H26O12/c1-5-14(4)16(22)30-10-12-32-20(26)18(24)28-8-6-7-27-17(23)19(25)31-11-9-29-15(21)13(2)3/h2,4-12H2,1,3H3. The molecule has 0 bridgehead atoms. The molecule has 0 amide bonds. The molecule has 0 aromatic carbocycles. The lowest BCUT2D eigenvalue weighted by molar-refractivity contribution is -0.171. The summed E-state index contributed by atoms with van der Waals surface area (Å²) in [5, 5.41) is 0. The lowest BCUT2D eigenvalue weighted by Crippen LogP contribution is -2.25. The highest BCUT2D eigenvalue weighted by Gasteiger charge is 2.19. The molecule has 0 radical (unpaired) electrons. The number of ether oxygens (including phenoxy) is 6. The minimum atomic E-state index is -1.29. The zero-order valence-electron chi connectivity index (χ0n) is 18.0. The van der Waals surface area contributed by atoms with Gasteiger partial charge in [-0.25, -0.2) is 28.8 Å². The smallest absolute Gasteiger partial charge is 0.417 e. The minimum Gasteiger partial charge on any atom is -0.459 e. The van der Waals surface area contributed by atoms with E-state index in [4.69, 9.17) is 4.74 Å². The molecule has 32 heavy (non-hydrogen) atoms. The van der Waals surface area contributed by atoms with Crippen molar-refractivity contribution in [3.05, 3.63) is 24.3 Å². The highest BCUT2D eigenvalue weighted by Crippen LogP contribution is 1.99. The third-order valence-electron chi connectivity index (χ3n) is 3.25. The van der Waals surface area contributed by atoms with Gasteiger partial charge in [-0.3, -0.25) is 0 Å². The van der Waals surface area contributed by atoms with Crippen LogP contribution in [0, 0.1) is 0 Å². The monoisotopic (exact) mass is 458 g/mol. The van der Waals surface area contributed by atoms with Crippen LogP contribution in [0.5, 0.6) is 0 Å². The van der Waals surface area contributed by atoms with Crippen molar-refractivity contribution in [1.82, 2.24) is 0 Å². The SMILES string of the molecule is C=C(C)C(=O)OCCOC(=O)C(=O)OCCCOC(=O)C(=O)OCCOC(=O)C(=C)CC. The summed E-state index contributed by atoms with van der Waals surface area (Å²) in [5.74, 6) is -6.45. The first-order valence-electron chi connectivity index (χ1n) is 9.45. The number of carbonyl (C=O) groups is 6. The second-order valence-corrected chi connectivity index (χ2v) is 5.91. The van der Waals surface area contributed by atoms with Gasteiger partial charge in [-0.05, 0) is 13.3 Å². The normalized spacial score (nSPS) is 9.69. The molecule has 0 saturated heterocycles. The Morgan fingerprint density at radius 2 is 0.844 bits per heavy atom. The lowest BCUT2D eigenvalue weighted by atomic mass is 10.2. The highest BCUT2D eigenvalue weighted by atomic mass is 16.6. The quantitative estimate of drug-likeness (QED) is 0.121. The maximum Gasteiger partial charge on any atom is 0.417 e. The average molecular weight is 458 g/mol. The molecule has 0 aliphatic heterocycles. The Kier molecular flexibility index (Phi) is 14.2. The van der Waals surface area contributed by atoms with Crippen LogP contribution in [0.3, 0.4) is 0 Å². The van der Waals surface area contributed by atoms with E-state index in [1.807, 2.05) is 0 Å². The van der Waals surface area contributed by atoms with Crippen molar-refractivity contribution in [1.29, 1.82) is 0 Å². The molecule has 12 heteroatoms. The molecule has 0 aromatic heterocycles. The van der Waals surface area contributed by atoms with E-state index in [-0.39, 0.29) is 57.2 Å². The van der Waals surface area contributed by atoms with Crippen LogP contribution in [0.15, 0.2) is 24.3 Å². The first-order valence-corrected chi connectivity index (χ1v) is 9.45. The molecule has 0 aliphatic carbocycles. The molecular weight excluding hydrogens is 432 g/mol. The molecule has 12 nitrogen and oxygen atoms in total. The topological polar surface area (TPSA) is 158 Å². The Labute approximate surface area is 184 Å². The van der Waals surface area contributed by atoms with Gasteiger partial charge in [0.05, 0.1) is 13.2 Å². The fraction of sp³-hybridized carbons (Fsp3) is 0.500. The number of hydrogen-bond acceptors (Lipinski definition) is 12. The molecule has 0 unspecified atom stereocenters.